The Labute approximate surface area is 211 Å². The van der Waals surface area contributed by atoms with Crippen molar-refractivity contribution in [3.63, 3.8) is 0 Å². The number of aldehydes is 1. The van der Waals surface area contributed by atoms with Gasteiger partial charge in [-0.25, -0.2) is 0 Å². The monoisotopic (exact) mass is 479 g/mol. The number of allylic oxidation sites excluding steroid dienone is 2. The van der Waals surface area contributed by atoms with Gasteiger partial charge in [-0.2, -0.15) is 0 Å². The van der Waals surface area contributed by atoms with E-state index in [-0.39, 0.29) is 38.9 Å². The first-order valence-electron chi connectivity index (χ1n) is 13.9. The van der Waals surface area contributed by atoms with E-state index in [1.807, 2.05) is 6.20 Å². The van der Waals surface area contributed by atoms with E-state index in [1.165, 1.54) is 17.4 Å². The number of carbonyl (C=O) groups is 2. The molecule has 1 heterocycles. The molecule has 4 nitrogen and oxygen atoms in total. The van der Waals surface area contributed by atoms with E-state index in [9.17, 15) is 9.59 Å². The highest BCUT2D eigenvalue weighted by Crippen LogP contribution is 2.71. The lowest BCUT2D eigenvalue weighted by molar-refractivity contribution is -0.135. The van der Waals surface area contributed by atoms with Crippen LogP contribution in [0.2, 0.25) is 0 Å². The second-order valence-electron chi connectivity index (χ2n) is 14.5. The van der Waals surface area contributed by atoms with Crippen LogP contribution in [0.4, 0.5) is 0 Å². The van der Waals surface area contributed by atoms with E-state index >= 15 is 0 Å². The fourth-order valence-corrected chi connectivity index (χ4v) is 9.32. The normalized spacial score (nSPS) is 42.5. The Balaban J connectivity index is 1.63. The molecule has 0 N–H and O–H groups in total. The van der Waals surface area contributed by atoms with Crippen LogP contribution < -0.4 is 0 Å². The average Bonchev–Trinajstić information content (AvgIpc) is 3.24. The molecule has 192 valence electrons. The van der Waals surface area contributed by atoms with Crippen molar-refractivity contribution in [2.24, 2.45) is 39.4 Å². The van der Waals surface area contributed by atoms with Crippen LogP contribution in [0.5, 0.6) is 0 Å². The number of aromatic nitrogens is 1. The van der Waals surface area contributed by atoms with Crippen molar-refractivity contribution in [3.05, 3.63) is 29.2 Å². The minimum Gasteiger partial charge on any atom is -0.361 e. The van der Waals surface area contributed by atoms with Crippen molar-refractivity contribution >= 4 is 12.1 Å². The molecule has 0 saturated heterocycles. The molecule has 0 radical (unpaired) electrons. The maximum Gasteiger partial charge on any atom is 0.159 e. The Morgan fingerprint density at radius 3 is 2.34 bits per heavy atom. The molecule has 4 aliphatic rings. The molecule has 4 aliphatic carbocycles. The van der Waals surface area contributed by atoms with Crippen molar-refractivity contribution in [2.75, 3.05) is 0 Å². The Bertz CT molecular complexity index is 1060. The summed E-state index contributed by atoms with van der Waals surface area (Å²) >= 11 is 0. The van der Waals surface area contributed by atoms with E-state index in [0.29, 0.717) is 11.7 Å². The maximum absolute atomic E-state index is 14.1. The average molecular weight is 480 g/mol. The molecule has 0 aliphatic heterocycles. The molecular formula is C31H45NO3. The van der Waals surface area contributed by atoms with Gasteiger partial charge < -0.3 is 9.32 Å². The summed E-state index contributed by atoms with van der Waals surface area (Å²) in [4.78, 5) is 26.1. The van der Waals surface area contributed by atoms with Crippen molar-refractivity contribution in [3.8, 4) is 0 Å². The number of nitrogens with zero attached hydrogens (tertiary/aromatic N) is 1. The number of fused-ring (bicyclic) bond motifs is 6. The summed E-state index contributed by atoms with van der Waals surface area (Å²) in [5.41, 5.74) is 2.30. The molecule has 35 heavy (non-hydrogen) atoms. The standard InChI is InChI=1S/C31H45NO3/c1-27(2)12-8-20(19-33)9-14-30(6)22(10-13-27)23(34)16-25-29(5)17-21-18-32-35-26(21)28(3,4)24(29)11-15-31(25,30)7/h16,18-20,22,24H,8-15,17H2,1-7H3/t20-,22?,24-,29-,30+,31+/m0/s1. The van der Waals surface area contributed by atoms with Gasteiger partial charge in [0.15, 0.2) is 5.78 Å². The van der Waals surface area contributed by atoms with Crippen LogP contribution in [-0.4, -0.2) is 17.2 Å². The van der Waals surface area contributed by atoms with Crippen molar-refractivity contribution in [1.29, 1.82) is 0 Å². The van der Waals surface area contributed by atoms with Crippen LogP contribution in [-0.2, 0) is 21.4 Å². The van der Waals surface area contributed by atoms with E-state index in [0.717, 1.165) is 63.5 Å². The molecule has 2 saturated carbocycles. The first kappa shape index (κ1) is 25.0. The fraction of sp³-hybridized carbons (Fsp3) is 0.774. The Kier molecular flexibility index (Phi) is 5.63. The van der Waals surface area contributed by atoms with Gasteiger partial charge in [0.25, 0.3) is 0 Å². The molecule has 1 aromatic rings. The van der Waals surface area contributed by atoms with Gasteiger partial charge in [-0.1, -0.05) is 59.2 Å². The predicted octanol–water partition coefficient (Wildman–Crippen LogP) is 7.26. The summed E-state index contributed by atoms with van der Waals surface area (Å²) in [6.45, 7) is 16.5. The van der Waals surface area contributed by atoms with Gasteiger partial charge in [0, 0.05) is 22.8 Å². The van der Waals surface area contributed by atoms with Crippen LogP contribution in [0.25, 0.3) is 0 Å². The predicted molar refractivity (Wildman–Crippen MR) is 138 cm³/mol. The fourth-order valence-electron chi connectivity index (χ4n) is 9.32. The molecule has 1 aromatic heterocycles. The Morgan fingerprint density at radius 2 is 1.63 bits per heavy atom. The summed E-state index contributed by atoms with van der Waals surface area (Å²) in [5.74, 6) is 1.89. The van der Waals surface area contributed by atoms with Gasteiger partial charge >= 0.3 is 0 Å². The molecule has 2 fully saturated rings. The van der Waals surface area contributed by atoms with E-state index in [4.69, 9.17) is 4.52 Å². The largest absolute Gasteiger partial charge is 0.361 e. The topological polar surface area (TPSA) is 60.2 Å². The Morgan fingerprint density at radius 1 is 0.943 bits per heavy atom. The number of hydrogen-bond donors (Lipinski definition) is 0. The van der Waals surface area contributed by atoms with Gasteiger partial charge in [0.05, 0.1) is 6.20 Å². The molecule has 0 bridgehead atoms. The summed E-state index contributed by atoms with van der Waals surface area (Å²) < 4.78 is 5.78. The highest BCUT2D eigenvalue weighted by Gasteiger charge is 2.65. The van der Waals surface area contributed by atoms with E-state index in [2.05, 4.69) is 59.7 Å². The molecular weight excluding hydrogens is 434 g/mol. The van der Waals surface area contributed by atoms with Gasteiger partial charge in [-0.15, -0.1) is 0 Å². The molecule has 1 unspecified atom stereocenters. The van der Waals surface area contributed by atoms with E-state index < -0.39 is 0 Å². The van der Waals surface area contributed by atoms with Crippen molar-refractivity contribution < 1.29 is 14.1 Å². The van der Waals surface area contributed by atoms with Gasteiger partial charge in [0.1, 0.15) is 12.0 Å². The molecule has 0 amide bonds. The third kappa shape index (κ3) is 3.48. The van der Waals surface area contributed by atoms with Crippen molar-refractivity contribution in [1.82, 2.24) is 5.16 Å². The van der Waals surface area contributed by atoms with Crippen LogP contribution in [0.15, 0.2) is 22.4 Å². The minimum absolute atomic E-state index is 0.0313. The minimum atomic E-state index is -0.143. The lowest BCUT2D eigenvalue weighted by Gasteiger charge is -2.65. The summed E-state index contributed by atoms with van der Waals surface area (Å²) in [6.07, 6.45) is 14.1. The number of rotatable bonds is 1. The van der Waals surface area contributed by atoms with Gasteiger partial charge in [0.2, 0.25) is 0 Å². The molecule has 5 rings (SSSR count). The third-order valence-electron chi connectivity index (χ3n) is 11.8. The summed E-state index contributed by atoms with van der Waals surface area (Å²) in [5, 5.41) is 4.18. The Hall–Kier alpha value is -1.71. The molecule has 4 heteroatoms. The lowest BCUT2D eigenvalue weighted by atomic mass is 9.38. The first-order valence-corrected chi connectivity index (χ1v) is 13.9. The second kappa shape index (κ2) is 7.89. The number of ketones is 1. The van der Waals surface area contributed by atoms with Crippen molar-refractivity contribution in [2.45, 2.75) is 112 Å². The zero-order chi connectivity index (χ0) is 25.4. The molecule has 6 atom stereocenters. The summed E-state index contributed by atoms with van der Waals surface area (Å²) in [6, 6.07) is 0. The molecule has 0 spiro atoms. The summed E-state index contributed by atoms with van der Waals surface area (Å²) in [7, 11) is 0. The first-order chi connectivity index (χ1) is 16.3. The third-order valence-corrected chi connectivity index (χ3v) is 11.8. The van der Waals surface area contributed by atoms with Crippen LogP contribution >= 0.6 is 0 Å². The second-order valence-corrected chi connectivity index (χ2v) is 14.5. The van der Waals surface area contributed by atoms with Gasteiger partial charge in [-0.05, 0) is 91.4 Å². The highest BCUT2D eigenvalue weighted by molar-refractivity contribution is 5.95. The lowest BCUT2D eigenvalue weighted by Crippen LogP contribution is -2.60. The number of carbonyl (C=O) groups excluding carboxylic acids is 2. The SMILES string of the molecule is CC1(C)CCC2C(=O)C=C3[C@@]4(C)Cc5cnoc5C(C)(C)[C@@H]4CC[C@@]3(C)[C@]2(C)CC[C@@H](C=O)CC1. The molecule has 0 aromatic carbocycles. The smallest absolute Gasteiger partial charge is 0.159 e. The van der Waals surface area contributed by atoms with Crippen LogP contribution in [0.1, 0.15) is 111 Å². The maximum atomic E-state index is 14.1. The zero-order valence-corrected chi connectivity index (χ0v) is 23.0. The van der Waals surface area contributed by atoms with Gasteiger partial charge in [-0.3, -0.25) is 4.79 Å². The van der Waals surface area contributed by atoms with Crippen LogP contribution in [0.3, 0.4) is 0 Å². The van der Waals surface area contributed by atoms with Crippen LogP contribution in [0, 0.1) is 39.4 Å². The van der Waals surface area contributed by atoms with E-state index in [1.54, 1.807) is 0 Å². The quantitative estimate of drug-likeness (QED) is 0.398. The highest BCUT2D eigenvalue weighted by atomic mass is 16.5. The number of hydrogen-bond acceptors (Lipinski definition) is 4. The zero-order valence-electron chi connectivity index (χ0n) is 23.0.